The van der Waals surface area contributed by atoms with Crippen LogP contribution >= 0.6 is 0 Å². The first-order valence-corrected chi connectivity index (χ1v) is 6.04. The molecule has 6 nitrogen and oxygen atoms in total. The molecule has 6 heteroatoms. The van der Waals surface area contributed by atoms with Crippen molar-refractivity contribution in [3.05, 3.63) is 42.5 Å². The summed E-state index contributed by atoms with van der Waals surface area (Å²) >= 11 is 0. The number of carboxylic acid groups (broad SMARTS) is 1. The number of hydrogen-bond acceptors (Lipinski definition) is 3. The summed E-state index contributed by atoms with van der Waals surface area (Å²) in [6, 6.07) is 6.51. The van der Waals surface area contributed by atoms with E-state index in [9.17, 15) is 14.4 Å². The predicted octanol–water partition coefficient (Wildman–Crippen LogP) is 1.41. The molecule has 0 atom stereocenters. The Balaban J connectivity index is 2.74. The van der Waals surface area contributed by atoms with Gasteiger partial charge in [0.2, 0.25) is 5.91 Å². The summed E-state index contributed by atoms with van der Waals surface area (Å²) in [6.07, 6.45) is 1.15. The van der Waals surface area contributed by atoms with Crippen LogP contribution in [-0.4, -0.2) is 29.4 Å². The molecular weight excluding hydrogens is 260 g/mol. The number of rotatable bonds is 7. The summed E-state index contributed by atoms with van der Waals surface area (Å²) in [7, 11) is 0. The van der Waals surface area contributed by atoms with Gasteiger partial charge in [0, 0.05) is 13.0 Å². The van der Waals surface area contributed by atoms with E-state index in [0.29, 0.717) is 17.8 Å². The highest BCUT2D eigenvalue weighted by molar-refractivity contribution is 6.04. The monoisotopic (exact) mass is 276 g/mol. The molecule has 1 aromatic carbocycles. The topological polar surface area (TPSA) is 95.5 Å². The molecule has 0 aliphatic heterocycles. The maximum Gasteiger partial charge on any atom is 0.303 e. The molecule has 0 radical (unpaired) electrons. The van der Waals surface area contributed by atoms with Gasteiger partial charge < -0.3 is 15.7 Å². The van der Waals surface area contributed by atoms with E-state index in [1.54, 1.807) is 30.3 Å². The number of hydrogen-bond donors (Lipinski definition) is 3. The lowest BCUT2D eigenvalue weighted by Crippen LogP contribution is -2.25. The fourth-order valence-corrected chi connectivity index (χ4v) is 1.48. The Morgan fingerprint density at radius 3 is 2.55 bits per heavy atom. The van der Waals surface area contributed by atoms with Gasteiger partial charge in [-0.2, -0.15) is 0 Å². The van der Waals surface area contributed by atoms with Gasteiger partial charge in [-0.25, -0.2) is 0 Å². The molecule has 0 aliphatic carbocycles. The van der Waals surface area contributed by atoms with Gasteiger partial charge in [0.25, 0.3) is 5.91 Å². The number of carbonyl (C=O) groups excluding carboxylic acids is 2. The van der Waals surface area contributed by atoms with Gasteiger partial charge in [0.05, 0.1) is 17.7 Å². The van der Waals surface area contributed by atoms with Crippen molar-refractivity contribution in [2.24, 2.45) is 0 Å². The summed E-state index contributed by atoms with van der Waals surface area (Å²) in [5.74, 6) is -1.83. The second-order valence-electron chi connectivity index (χ2n) is 3.99. The van der Waals surface area contributed by atoms with E-state index in [0.717, 1.165) is 0 Å². The third kappa shape index (κ3) is 4.93. The average Bonchev–Trinajstić information content (AvgIpc) is 2.43. The third-order valence-corrected chi connectivity index (χ3v) is 2.42. The van der Waals surface area contributed by atoms with Gasteiger partial charge in [0.1, 0.15) is 0 Å². The molecule has 1 rings (SSSR count). The van der Waals surface area contributed by atoms with Crippen LogP contribution in [0.2, 0.25) is 0 Å². The standard InChI is InChI=1S/C14H16N2O4/c1-2-9-15-14(20)10-5-3-4-6-11(10)16-12(17)7-8-13(18)19/h2-6H,1,7-9H2,(H,15,20)(H,16,17)(H,18,19). The number of nitrogens with one attached hydrogen (secondary N) is 2. The minimum Gasteiger partial charge on any atom is -0.481 e. The Bertz CT molecular complexity index is 526. The number of para-hydroxylation sites is 1. The van der Waals surface area contributed by atoms with Crippen LogP contribution in [0.3, 0.4) is 0 Å². The third-order valence-electron chi connectivity index (χ3n) is 2.42. The second kappa shape index (κ2) is 7.73. The SMILES string of the molecule is C=CCNC(=O)c1ccccc1NC(=O)CCC(=O)O. The maximum atomic E-state index is 11.9. The zero-order chi connectivity index (χ0) is 15.0. The summed E-state index contributed by atoms with van der Waals surface area (Å²) in [5, 5.41) is 13.7. The molecule has 1 aromatic rings. The molecule has 0 unspecified atom stereocenters. The van der Waals surface area contributed by atoms with E-state index in [4.69, 9.17) is 5.11 Å². The molecule has 0 saturated carbocycles. The molecule has 0 bridgehead atoms. The van der Waals surface area contributed by atoms with Gasteiger partial charge in [-0.05, 0) is 12.1 Å². The fourth-order valence-electron chi connectivity index (χ4n) is 1.48. The minimum absolute atomic E-state index is 0.141. The largest absolute Gasteiger partial charge is 0.481 e. The molecule has 0 aromatic heterocycles. The molecule has 0 aliphatic rings. The quantitative estimate of drug-likeness (QED) is 0.656. The van der Waals surface area contributed by atoms with Gasteiger partial charge in [-0.1, -0.05) is 18.2 Å². The lowest BCUT2D eigenvalue weighted by atomic mass is 10.1. The Hall–Kier alpha value is -2.63. The smallest absolute Gasteiger partial charge is 0.303 e. The minimum atomic E-state index is -1.04. The lowest BCUT2D eigenvalue weighted by Gasteiger charge is -2.10. The van der Waals surface area contributed by atoms with Crippen LogP contribution in [0.15, 0.2) is 36.9 Å². The Morgan fingerprint density at radius 2 is 1.90 bits per heavy atom. The average molecular weight is 276 g/mol. The van der Waals surface area contributed by atoms with E-state index >= 15 is 0 Å². The summed E-state index contributed by atoms with van der Waals surface area (Å²) < 4.78 is 0. The zero-order valence-corrected chi connectivity index (χ0v) is 10.9. The number of aliphatic carboxylic acids is 1. The van der Waals surface area contributed by atoms with Crippen LogP contribution in [0.25, 0.3) is 0 Å². The summed E-state index contributed by atoms with van der Waals surface area (Å²) in [6.45, 7) is 3.82. The Morgan fingerprint density at radius 1 is 1.20 bits per heavy atom. The molecule has 3 N–H and O–H groups in total. The van der Waals surface area contributed by atoms with Gasteiger partial charge in [0.15, 0.2) is 0 Å². The molecule has 0 spiro atoms. The van der Waals surface area contributed by atoms with Crippen LogP contribution in [-0.2, 0) is 9.59 Å². The van der Waals surface area contributed by atoms with Crippen LogP contribution in [0.1, 0.15) is 23.2 Å². The van der Waals surface area contributed by atoms with Gasteiger partial charge in [-0.15, -0.1) is 6.58 Å². The first kappa shape index (κ1) is 15.4. The van der Waals surface area contributed by atoms with E-state index in [1.807, 2.05) is 0 Å². The first-order chi connectivity index (χ1) is 9.54. The van der Waals surface area contributed by atoms with Crippen LogP contribution in [0, 0.1) is 0 Å². The molecule has 0 heterocycles. The fraction of sp³-hybridized carbons (Fsp3) is 0.214. The second-order valence-corrected chi connectivity index (χ2v) is 3.99. The molecule has 0 saturated heterocycles. The van der Waals surface area contributed by atoms with E-state index < -0.39 is 11.9 Å². The molecule has 0 fully saturated rings. The van der Waals surface area contributed by atoms with E-state index in [-0.39, 0.29) is 18.7 Å². The molecule has 106 valence electrons. The van der Waals surface area contributed by atoms with Crippen molar-refractivity contribution in [2.75, 3.05) is 11.9 Å². The maximum absolute atomic E-state index is 11.9. The number of anilines is 1. The van der Waals surface area contributed by atoms with Crippen LogP contribution < -0.4 is 10.6 Å². The van der Waals surface area contributed by atoms with Gasteiger partial charge in [-0.3, -0.25) is 14.4 Å². The predicted molar refractivity (Wildman–Crippen MR) is 74.5 cm³/mol. The van der Waals surface area contributed by atoms with Crippen LogP contribution in [0.4, 0.5) is 5.69 Å². The molecular formula is C14H16N2O4. The van der Waals surface area contributed by atoms with Crippen molar-refractivity contribution >= 4 is 23.5 Å². The lowest BCUT2D eigenvalue weighted by molar-refractivity contribution is -0.138. The molecule has 20 heavy (non-hydrogen) atoms. The van der Waals surface area contributed by atoms with Gasteiger partial charge >= 0.3 is 5.97 Å². The Labute approximate surface area is 116 Å². The Kier molecular flexibility index (Phi) is 5.96. The van der Waals surface area contributed by atoms with Crippen molar-refractivity contribution in [3.8, 4) is 0 Å². The van der Waals surface area contributed by atoms with E-state index in [1.165, 1.54) is 0 Å². The van der Waals surface area contributed by atoms with E-state index in [2.05, 4.69) is 17.2 Å². The highest BCUT2D eigenvalue weighted by atomic mass is 16.4. The number of amides is 2. The van der Waals surface area contributed by atoms with Crippen molar-refractivity contribution in [3.63, 3.8) is 0 Å². The zero-order valence-electron chi connectivity index (χ0n) is 10.9. The van der Waals surface area contributed by atoms with Crippen molar-refractivity contribution in [1.82, 2.24) is 5.32 Å². The first-order valence-electron chi connectivity index (χ1n) is 6.04. The normalized spacial score (nSPS) is 9.60. The summed E-state index contributed by atoms with van der Waals surface area (Å²) in [4.78, 5) is 33.8. The summed E-state index contributed by atoms with van der Waals surface area (Å²) in [5.41, 5.74) is 0.669. The van der Waals surface area contributed by atoms with Crippen molar-refractivity contribution in [2.45, 2.75) is 12.8 Å². The molecule has 2 amide bonds. The van der Waals surface area contributed by atoms with Crippen LogP contribution in [0.5, 0.6) is 0 Å². The highest BCUT2D eigenvalue weighted by Gasteiger charge is 2.12. The van der Waals surface area contributed by atoms with Crippen molar-refractivity contribution < 1.29 is 19.5 Å². The van der Waals surface area contributed by atoms with Crippen molar-refractivity contribution in [1.29, 1.82) is 0 Å². The highest BCUT2D eigenvalue weighted by Crippen LogP contribution is 2.15. The number of carboxylic acids is 1. The number of carbonyl (C=O) groups is 3. The number of benzene rings is 1.